The molecule has 126 valence electrons. The van der Waals surface area contributed by atoms with Crippen molar-refractivity contribution in [2.75, 3.05) is 12.1 Å². The fourth-order valence-corrected chi connectivity index (χ4v) is 3.35. The van der Waals surface area contributed by atoms with E-state index in [4.69, 9.17) is 9.47 Å². The molecule has 0 radical (unpaired) electrons. The van der Waals surface area contributed by atoms with Gasteiger partial charge in [0, 0.05) is 24.3 Å². The first-order chi connectivity index (χ1) is 12.1. The fourth-order valence-electron chi connectivity index (χ4n) is 2.46. The SMILES string of the molecule is O=C(Cc1ccc([N+](=O)[O-])cc1)Nc1nc2cc3c(cc2s1)OCO3. The molecule has 0 unspecified atom stereocenters. The lowest BCUT2D eigenvalue weighted by molar-refractivity contribution is -0.384. The van der Waals surface area contributed by atoms with Crippen molar-refractivity contribution in [3.8, 4) is 11.5 Å². The standard InChI is InChI=1S/C16H11N3O5S/c20-15(5-9-1-3-10(4-2-9)19(21)22)18-16-17-11-6-12-13(24-8-23-12)7-14(11)25-16/h1-4,6-7H,5,8H2,(H,17,18,20). The van der Waals surface area contributed by atoms with Gasteiger partial charge in [0.15, 0.2) is 16.6 Å². The van der Waals surface area contributed by atoms with Crippen LogP contribution in [0.3, 0.4) is 0 Å². The second-order valence-corrected chi connectivity index (χ2v) is 6.37. The fraction of sp³-hybridized carbons (Fsp3) is 0.125. The van der Waals surface area contributed by atoms with Crippen LogP contribution in [0.4, 0.5) is 10.8 Å². The summed E-state index contributed by atoms with van der Waals surface area (Å²) in [6.45, 7) is 0.200. The van der Waals surface area contributed by atoms with E-state index in [0.717, 1.165) is 10.2 Å². The van der Waals surface area contributed by atoms with Crippen molar-refractivity contribution in [1.29, 1.82) is 0 Å². The second kappa shape index (κ2) is 6.02. The van der Waals surface area contributed by atoms with Crippen molar-refractivity contribution in [3.05, 3.63) is 52.1 Å². The Balaban J connectivity index is 1.47. The van der Waals surface area contributed by atoms with Crippen LogP contribution in [-0.2, 0) is 11.2 Å². The van der Waals surface area contributed by atoms with Gasteiger partial charge in [-0.25, -0.2) is 4.98 Å². The number of nitro benzene ring substituents is 1. The van der Waals surface area contributed by atoms with Crippen LogP contribution in [0.1, 0.15) is 5.56 Å². The lowest BCUT2D eigenvalue weighted by Gasteiger charge is -2.01. The highest BCUT2D eigenvalue weighted by Gasteiger charge is 2.17. The molecule has 4 rings (SSSR count). The maximum Gasteiger partial charge on any atom is 0.269 e. The van der Waals surface area contributed by atoms with Crippen molar-refractivity contribution in [2.45, 2.75) is 6.42 Å². The van der Waals surface area contributed by atoms with E-state index < -0.39 is 4.92 Å². The van der Waals surface area contributed by atoms with Crippen LogP contribution in [-0.4, -0.2) is 22.6 Å². The summed E-state index contributed by atoms with van der Waals surface area (Å²) in [4.78, 5) is 26.7. The number of carbonyl (C=O) groups is 1. The molecule has 0 saturated heterocycles. The molecule has 1 aliphatic rings. The summed E-state index contributed by atoms with van der Waals surface area (Å²) in [5.74, 6) is 1.06. The van der Waals surface area contributed by atoms with Crippen LogP contribution in [0, 0.1) is 10.1 Å². The Kier molecular flexibility index (Phi) is 3.69. The molecule has 0 aliphatic carbocycles. The van der Waals surface area contributed by atoms with Gasteiger partial charge in [0.25, 0.3) is 5.69 Å². The van der Waals surface area contributed by atoms with E-state index in [1.807, 2.05) is 6.07 Å². The number of thiazole rings is 1. The lowest BCUT2D eigenvalue weighted by Crippen LogP contribution is -2.14. The topological polar surface area (TPSA) is 104 Å². The predicted octanol–water partition coefficient (Wildman–Crippen LogP) is 3.11. The number of hydrogen-bond donors (Lipinski definition) is 1. The Morgan fingerprint density at radius 2 is 1.96 bits per heavy atom. The molecule has 1 aliphatic heterocycles. The number of amides is 1. The van der Waals surface area contributed by atoms with E-state index in [1.54, 1.807) is 18.2 Å². The first-order valence-electron chi connectivity index (χ1n) is 7.32. The molecule has 0 fully saturated rings. The number of aromatic nitrogens is 1. The average molecular weight is 357 g/mol. The quantitative estimate of drug-likeness (QED) is 0.568. The number of carbonyl (C=O) groups excluding carboxylic acids is 1. The summed E-state index contributed by atoms with van der Waals surface area (Å²) in [6.07, 6.45) is 0.108. The van der Waals surface area contributed by atoms with Crippen molar-refractivity contribution >= 4 is 38.3 Å². The Labute approximate surface area is 145 Å². The number of rotatable bonds is 4. The third-order valence-corrected chi connectivity index (χ3v) is 4.57. The van der Waals surface area contributed by atoms with Crippen LogP contribution in [0.5, 0.6) is 11.5 Å². The van der Waals surface area contributed by atoms with Crippen LogP contribution in [0.2, 0.25) is 0 Å². The molecule has 0 atom stereocenters. The summed E-state index contributed by atoms with van der Waals surface area (Å²) >= 11 is 1.34. The number of ether oxygens (including phenoxy) is 2. The highest BCUT2D eigenvalue weighted by Crippen LogP contribution is 2.38. The molecule has 2 heterocycles. The van der Waals surface area contributed by atoms with Gasteiger partial charge in [0.05, 0.1) is 21.6 Å². The molecule has 1 aromatic heterocycles. The van der Waals surface area contributed by atoms with Crippen LogP contribution in [0.25, 0.3) is 10.2 Å². The van der Waals surface area contributed by atoms with Gasteiger partial charge >= 0.3 is 0 Å². The molecular formula is C16H11N3O5S. The average Bonchev–Trinajstić information content (AvgIpc) is 3.17. The third-order valence-electron chi connectivity index (χ3n) is 3.64. The Morgan fingerprint density at radius 1 is 1.24 bits per heavy atom. The van der Waals surface area contributed by atoms with Gasteiger partial charge in [0.1, 0.15) is 0 Å². The number of nitro groups is 1. The number of fused-ring (bicyclic) bond motifs is 2. The van der Waals surface area contributed by atoms with Crippen LogP contribution >= 0.6 is 11.3 Å². The highest BCUT2D eigenvalue weighted by molar-refractivity contribution is 7.22. The largest absolute Gasteiger partial charge is 0.454 e. The first-order valence-corrected chi connectivity index (χ1v) is 8.13. The molecule has 0 saturated carbocycles. The zero-order valence-electron chi connectivity index (χ0n) is 12.7. The van der Waals surface area contributed by atoms with Gasteiger partial charge in [-0.3, -0.25) is 14.9 Å². The van der Waals surface area contributed by atoms with Gasteiger partial charge in [-0.1, -0.05) is 23.5 Å². The van der Waals surface area contributed by atoms with Crippen molar-refractivity contribution in [3.63, 3.8) is 0 Å². The minimum absolute atomic E-state index is 0.00665. The molecule has 3 aromatic rings. The van der Waals surface area contributed by atoms with E-state index >= 15 is 0 Å². The maximum absolute atomic E-state index is 12.2. The number of nitrogens with one attached hydrogen (secondary N) is 1. The number of nitrogens with zero attached hydrogens (tertiary/aromatic N) is 2. The van der Waals surface area contributed by atoms with Crippen molar-refractivity contribution < 1.29 is 19.2 Å². The second-order valence-electron chi connectivity index (χ2n) is 5.34. The third kappa shape index (κ3) is 3.09. The first kappa shape index (κ1) is 15.3. The summed E-state index contributed by atoms with van der Waals surface area (Å²) < 4.78 is 11.5. The van der Waals surface area contributed by atoms with Gasteiger partial charge in [0.2, 0.25) is 12.7 Å². The molecule has 9 heteroatoms. The molecule has 2 aromatic carbocycles. The van der Waals surface area contributed by atoms with Crippen molar-refractivity contribution in [2.24, 2.45) is 0 Å². The number of anilines is 1. The molecule has 1 N–H and O–H groups in total. The monoisotopic (exact) mass is 357 g/mol. The van der Waals surface area contributed by atoms with Crippen LogP contribution < -0.4 is 14.8 Å². The Morgan fingerprint density at radius 3 is 2.68 bits per heavy atom. The van der Waals surface area contributed by atoms with Crippen LogP contribution in [0.15, 0.2) is 36.4 Å². The minimum atomic E-state index is -0.476. The number of non-ortho nitro benzene ring substituents is 1. The Bertz CT molecular complexity index is 942. The molecule has 0 spiro atoms. The molecule has 1 amide bonds. The maximum atomic E-state index is 12.2. The lowest BCUT2D eigenvalue weighted by atomic mass is 10.1. The highest BCUT2D eigenvalue weighted by atomic mass is 32.1. The normalized spacial score (nSPS) is 12.3. The van der Waals surface area contributed by atoms with E-state index in [0.29, 0.717) is 22.2 Å². The summed E-state index contributed by atoms with van der Waals surface area (Å²) in [5, 5.41) is 13.9. The molecule has 0 bridgehead atoms. The summed E-state index contributed by atoms with van der Waals surface area (Å²) in [5.41, 5.74) is 1.40. The minimum Gasteiger partial charge on any atom is -0.454 e. The Hall–Kier alpha value is -3.20. The summed E-state index contributed by atoms with van der Waals surface area (Å²) in [7, 11) is 0. The van der Waals surface area contributed by atoms with E-state index in [1.165, 1.54) is 23.5 Å². The zero-order valence-corrected chi connectivity index (χ0v) is 13.5. The molecular weight excluding hydrogens is 346 g/mol. The van der Waals surface area contributed by atoms with Gasteiger partial charge < -0.3 is 14.8 Å². The zero-order chi connectivity index (χ0) is 17.4. The predicted molar refractivity (Wildman–Crippen MR) is 91.2 cm³/mol. The molecule has 25 heavy (non-hydrogen) atoms. The van der Waals surface area contributed by atoms with E-state index in [-0.39, 0.29) is 24.8 Å². The smallest absolute Gasteiger partial charge is 0.269 e. The molecule has 8 nitrogen and oxygen atoms in total. The van der Waals surface area contributed by atoms with Gasteiger partial charge in [-0.05, 0) is 5.56 Å². The van der Waals surface area contributed by atoms with Gasteiger partial charge in [-0.15, -0.1) is 0 Å². The number of benzene rings is 2. The number of hydrogen-bond acceptors (Lipinski definition) is 7. The van der Waals surface area contributed by atoms with Gasteiger partial charge in [-0.2, -0.15) is 0 Å². The summed E-state index contributed by atoms with van der Waals surface area (Å²) in [6, 6.07) is 9.50. The van der Waals surface area contributed by atoms with Crippen molar-refractivity contribution in [1.82, 2.24) is 4.98 Å². The van der Waals surface area contributed by atoms with E-state index in [9.17, 15) is 14.9 Å². The van der Waals surface area contributed by atoms with E-state index in [2.05, 4.69) is 10.3 Å².